The Bertz CT molecular complexity index is 1340. The Morgan fingerprint density at radius 3 is 2.40 bits per heavy atom. The molecule has 1 N–H and O–H groups in total. The highest BCUT2D eigenvalue weighted by Gasteiger charge is 2.40. The second-order valence-corrected chi connectivity index (χ2v) is 8.44. The maximum absolute atomic E-state index is 13.0. The Morgan fingerprint density at radius 1 is 1.09 bits per heavy atom. The Labute approximate surface area is 200 Å². The molecule has 10 heteroatoms. The third-order valence-electron chi connectivity index (χ3n) is 6.26. The van der Waals surface area contributed by atoms with Crippen molar-refractivity contribution in [2.75, 3.05) is 16.8 Å². The number of anilines is 2. The van der Waals surface area contributed by atoms with Gasteiger partial charge in [0.15, 0.2) is 6.61 Å². The molecule has 2 aromatic carbocycles. The molecule has 178 valence electrons. The van der Waals surface area contributed by atoms with Crippen LogP contribution in [-0.2, 0) is 16.1 Å². The van der Waals surface area contributed by atoms with Crippen LogP contribution in [-0.4, -0.2) is 46.3 Å². The van der Waals surface area contributed by atoms with E-state index in [1.807, 2.05) is 0 Å². The van der Waals surface area contributed by atoms with E-state index >= 15 is 0 Å². The molecule has 1 unspecified atom stereocenters. The van der Waals surface area contributed by atoms with Gasteiger partial charge in [-0.1, -0.05) is 17.3 Å². The van der Waals surface area contributed by atoms with E-state index in [4.69, 9.17) is 9.26 Å². The molecule has 2 aliphatic heterocycles. The van der Waals surface area contributed by atoms with Gasteiger partial charge >= 0.3 is 0 Å². The first kappa shape index (κ1) is 22.3. The van der Waals surface area contributed by atoms with Crippen LogP contribution >= 0.6 is 0 Å². The average molecular weight is 474 g/mol. The van der Waals surface area contributed by atoms with Gasteiger partial charge in [0.1, 0.15) is 17.6 Å². The summed E-state index contributed by atoms with van der Waals surface area (Å²) in [6.45, 7) is 5.19. The molecule has 0 spiro atoms. The second kappa shape index (κ2) is 8.39. The largest absolute Gasteiger partial charge is 0.482 e. The van der Waals surface area contributed by atoms with Crippen molar-refractivity contribution in [2.45, 2.75) is 33.4 Å². The average Bonchev–Trinajstić information content (AvgIpc) is 3.30. The predicted molar refractivity (Wildman–Crippen MR) is 124 cm³/mol. The number of benzene rings is 2. The van der Waals surface area contributed by atoms with E-state index in [2.05, 4.69) is 10.5 Å². The van der Waals surface area contributed by atoms with Gasteiger partial charge in [-0.25, -0.2) is 0 Å². The third-order valence-corrected chi connectivity index (χ3v) is 6.26. The number of aromatic nitrogens is 1. The van der Waals surface area contributed by atoms with Crippen molar-refractivity contribution in [2.24, 2.45) is 0 Å². The van der Waals surface area contributed by atoms with Gasteiger partial charge in [0, 0.05) is 11.3 Å². The van der Waals surface area contributed by atoms with Gasteiger partial charge in [-0.2, -0.15) is 0 Å². The van der Waals surface area contributed by atoms with Gasteiger partial charge in [0.05, 0.1) is 29.1 Å². The molecule has 1 atom stereocenters. The number of imide groups is 1. The SMILES string of the molecule is Cc1noc(C)c1CN1C(=O)COc2ccc(NC(=O)C(C)N3C(=O)c4ccccc4C3=O)cc21. The number of hydrogen-bond donors (Lipinski definition) is 1. The summed E-state index contributed by atoms with van der Waals surface area (Å²) in [7, 11) is 0. The van der Waals surface area contributed by atoms with E-state index in [1.165, 1.54) is 6.92 Å². The van der Waals surface area contributed by atoms with Crippen molar-refractivity contribution in [3.8, 4) is 5.75 Å². The first-order chi connectivity index (χ1) is 16.8. The minimum absolute atomic E-state index is 0.112. The number of amides is 4. The maximum atomic E-state index is 13.0. The van der Waals surface area contributed by atoms with Crippen LogP contribution in [0.4, 0.5) is 11.4 Å². The lowest BCUT2D eigenvalue weighted by Crippen LogP contribution is -2.45. The molecule has 3 heterocycles. The van der Waals surface area contributed by atoms with Gasteiger partial charge in [-0.05, 0) is 51.1 Å². The van der Waals surface area contributed by atoms with E-state index in [-0.39, 0.29) is 30.2 Å². The fourth-order valence-corrected chi connectivity index (χ4v) is 4.26. The van der Waals surface area contributed by atoms with Crippen LogP contribution in [0.1, 0.15) is 44.7 Å². The molecule has 1 aromatic heterocycles. The minimum Gasteiger partial charge on any atom is -0.482 e. The summed E-state index contributed by atoms with van der Waals surface area (Å²) >= 11 is 0. The van der Waals surface area contributed by atoms with E-state index < -0.39 is 23.8 Å². The van der Waals surface area contributed by atoms with Crippen LogP contribution in [0.15, 0.2) is 47.0 Å². The van der Waals surface area contributed by atoms with Crippen LogP contribution in [0.5, 0.6) is 5.75 Å². The molecule has 0 fully saturated rings. The fourth-order valence-electron chi connectivity index (χ4n) is 4.26. The van der Waals surface area contributed by atoms with Crippen molar-refractivity contribution in [3.63, 3.8) is 0 Å². The van der Waals surface area contributed by atoms with Crippen LogP contribution in [0, 0.1) is 13.8 Å². The molecule has 4 amide bonds. The molecule has 5 rings (SSSR count). The van der Waals surface area contributed by atoms with Crippen LogP contribution in [0.2, 0.25) is 0 Å². The van der Waals surface area contributed by atoms with E-state index in [9.17, 15) is 19.2 Å². The summed E-state index contributed by atoms with van der Waals surface area (Å²) in [5, 5.41) is 6.69. The van der Waals surface area contributed by atoms with Crippen molar-refractivity contribution in [1.29, 1.82) is 0 Å². The number of carbonyl (C=O) groups is 4. The summed E-state index contributed by atoms with van der Waals surface area (Å²) in [5.41, 5.74) is 2.89. The first-order valence-electron chi connectivity index (χ1n) is 11.0. The molecule has 2 aliphatic rings. The van der Waals surface area contributed by atoms with Gasteiger partial charge in [0.25, 0.3) is 17.7 Å². The lowest BCUT2D eigenvalue weighted by Gasteiger charge is -2.30. The number of ether oxygens (including phenoxy) is 1. The highest BCUT2D eigenvalue weighted by molar-refractivity contribution is 6.23. The number of rotatable bonds is 5. The number of nitrogens with one attached hydrogen (secondary N) is 1. The number of carbonyl (C=O) groups excluding carboxylic acids is 4. The Hall–Kier alpha value is -4.47. The zero-order valence-corrected chi connectivity index (χ0v) is 19.3. The van der Waals surface area contributed by atoms with Crippen molar-refractivity contribution in [1.82, 2.24) is 10.1 Å². The number of fused-ring (bicyclic) bond motifs is 2. The van der Waals surface area contributed by atoms with Gasteiger partial charge in [-0.3, -0.25) is 24.1 Å². The lowest BCUT2D eigenvalue weighted by molar-refractivity contribution is -0.121. The zero-order chi connectivity index (χ0) is 24.9. The standard InChI is InChI=1S/C25H22N4O6/c1-13-19(15(3)35-27-13)11-28-20-10-16(8-9-21(20)34-12-22(28)30)26-23(31)14(2)29-24(32)17-6-4-5-7-18(17)25(29)33/h4-10,14H,11-12H2,1-3H3,(H,26,31). The van der Waals surface area contributed by atoms with Crippen LogP contribution in [0.3, 0.4) is 0 Å². The van der Waals surface area contributed by atoms with Crippen LogP contribution < -0.4 is 15.0 Å². The van der Waals surface area contributed by atoms with Gasteiger partial charge in [-0.15, -0.1) is 0 Å². The summed E-state index contributed by atoms with van der Waals surface area (Å²) in [4.78, 5) is 53.7. The van der Waals surface area contributed by atoms with Gasteiger partial charge in [0.2, 0.25) is 5.91 Å². The summed E-state index contributed by atoms with van der Waals surface area (Å²) in [5.74, 6) is -0.711. The Morgan fingerprint density at radius 2 is 1.77 bits per heavy atom. The molecule has 0 aliphatic carbocycles. The summed E-state index contributed by atoms with van der Waals surface area (Å²) in [6, 6.07) is 10.3. The quantitative estimate of drug-likeness (QED) is 0.564. The van der Waals surface area contributed by atoms with Gasteiger partial charge < -0.3 is 19.5 Å². The summed E-state index contributed by atoms with van der Waals surface area (Å²) < 4.78 is 10.8. The lowest BCUT2D eigenvalue weighted by atomic mass is 10.1. The minimum atomic E-state index is -1.05. The fraction of sp³-hybridized carbons (Fsp3) is 0.240. The van der Waals surface area contributed by atoms with Crippen molar-refractivity contribution < 1.29 is 28.4 Å². The number of hydrogen-bond acceptors (Lipinski definition) is 7. The molecule has 0 saturated heterocycles. The maximum Gasteiger partial charge on any atom is 0.265 e. The van der Waals surface area contributed by atoms with Crippen molar-refractivity contribution >= 4 is 35.0 Å². The Kier molecular flexibility index (Phi) is 5.35. The first-order valence-corrected chi connectivity index (χ1v) is 11.0. The molecular formula is C25H22N4O6. The summed E-state index contributed by atoms with van der Waals surface area (Å²) in [6.07, 6.45) is 0. The normalized spacial score (nSPS) is 15.6. The van der Waals surface area contributed by atoms with Crippen LogP contribution in [0.25, 0.3) is 0 Å². The second-order valence-electron chi connectivity index (χ2n) is 8.44. The molecule has 0 radical (unpaired) electrons. The highest BCUT2D eigenvalue weighted by Crippen LogP contribution is 2.36. The molecule has 10 nitrogen and oxygen atoms in total. The van der Waals surface area contributed by atoms with Crippen molar-refractivity contribution in [3.05, 3.63) is 70.6 Å². The van der Waals surface area contributed by atoms with E-state index in [1.54, 1.807) is 61.2 Å². The smallest absolute Gasteiger partial charge is 0.265 e. The van der Waals surface area contributed by atoms with E-state index in [0.717, 1.165) is 10.5 Å². The molecular weight excluding hydrogens is 452 g/mol. The Balaban J connectivity index is 1.38. The predicted octanol–water partition coefficient (Wildman–Crippen LogP) is 2.84. The molecule has 0 saturated carbocycles. The number of aryl methyl sites for hydroxylation is 2. The molecule has 0 bridgehead atoms. The third kappa shape index (κ3) is 3.72. The zero-order valence-electron chi connectivity index (χ0n) is 19.3. The monoisotopic (exact) mass is 474 g/mol. The topological polar surface area (TPSA) is 122 Å². The molecule has 3 aromatic rings. The number of nitrogens with zero attached hydrogens (tertiary/aromatic N) is 3. The van der Waals surface area contributed by atoms with E-state index in [0.29, 0.717) is 28.6 Å². The molecule has 35 heavy (non-hydrogen) atoms. The highest BCUT2D eigenvalue weighted by atomic mass is 16.5.